The van der Waals surface area contributed by atoms with Crippen LogP contribution in [0.4, 0.5) is 5.69 Å². The number of hydrazine groups is 1. The lowest BCUT2D eigenvalue weighted by Gasteiger charge is -2.15. The van der Waals surface area contributed by atoms with Gasteiger partial charge >= 0.3 is 5.91 Å². The van der Waals surface area contributed by atoms with Crippen LogP contribution in [0.15, 0.2) is 45.9 Å². The van der Waals surface area contributed by atoms with Crippen molar-refractivity contribution in [2.75, 3.05) is 11.4 Å². The Kier molecular flexibility index (Phi) is 4.12. The van der Waals surface area contributed by atoms with Gasteiger partial charge in [-0.15, -0.1) is 4.83 Å². The van der Waals surface area contributed by atoms with Gasteiger partial charge in [-0.25, -0.2) is 8.42 Å². The monoisotopic (exact) mass is 349 g/mol. The number of amides is 2. The summed E-state index contributed by atoms with van der Waals surface area (Å²) in [6.45, 7) is 1.99. The minimum Gasteiger partial charge on any atom is -0.459 e. The first-order valence-electron chi connectivity index (χ1n) is 7.15. The number of sulfonamides is 1. The normalized spacial score (nSPS) is 13.6. The second-order valence-electron chi connectivity index (χ2n) is 5.25. The van der Waals surface area contributed by atoms with Crippen LogP contribution >= 0.6 is 0 Å². The van der Waals surface area contributed by atoms with Crippen LogP contribution in [-0.2, 0) is 21.2 Å². The van der Waals surface area contributed by atoms with Crippen LogP contribution in [0.1, 0.15) is 23.0 Å². The maximum atomic E-state index is 12.3. The fourth-order valence-corrected chi connectivity index (χ4v) is 3.40. The molecule has 0 radical (unpaired) electrons. The third kappa shape index (κ3) is 3.03. The molecule has 0 saturated heterocycles. The molecule has 1 aromatic carbocycles. The molecule has 126 valence electrons. The molecule has 1 aliphatic heterocycles. The third-order valence-electron chi connectivity index (χ3n) is 3.68. The van der Waals surface area contributed by atoms with E-state index in [0.29, 0.717) is 18.7 Å². The Hall–Kier alpha value is -2.65. The zero-order valence-corrected chi connectivity index (χ0v) is 13.6. The molecule has 1 aromatic heterocycles. The Labute approximate surface area is 138 Å². The van der Waals surface area contributed by atoms with Gasteiger partial charge < -0.3 is 9.32 Å². The summed E-state index contributed by atoms with van der Waals surface area (Å²) in [6, 6.07) is 7.41. The number of nitrogens with zero attached hydrogens (tertiary/aromatic N) is 1. The molecule has 0 bridgehead atoms. The van der Waals surface area contributed by atoms with Gasteiger partial charge in [0.05, 0.1) is 11.2 Å². The molecule has 2 aromatic rings. The first-order valence-corrected chi connectivity index (χ1v) is 8.63. The Balaban J connectivity index is 1.76. The van der Waals surface area contributed by atoms with Gasteiger partial charge in [0.25, 0.3) is 10.0 Å². The predicted octanol–water partition coefficient (Wildman–Crippen LogP) is 0.812. The standard InChI is InChI=1S/C15H15N3O5S/c1-10(19)18-7-6-11-9-12(4-5-13(11)18)24(21,22)17-16-15(20)14-3-2-8-23-14/h2-5,8-9,17H,6-7H2,1H3,(H,16,20). The van der Waals surface area contributed by atoms with E-state index in [-0.39, 0.29) is 16.6 Å². The number of anilines is 1. The summed E-state index contributed by atoms with van der Waals surface area (Å²) >= 11 is 0. The second-order valence-corrected chi connectivity index (χ2v) is 6.93. The van der Waals surface area contributed by atoms with E-state index < -0.39 is 15.9 Å². The quantitative estimate of drug-likeness (QED) is 0.794. The topological polar surface area (TPSA) is 109 Å². The van der Waals surface area contributed by atoms with E-state index in [1.54, 1.807) is 11.0 Å². The van der Waals surface area contributed by atoms with Crippen LogP contribution in [-0.4, -0.2) is 26.8 Å². The minimum atomic E-state index is -3.93. The fraction of sp³-hybridized carbons (Fsp3) is 0.200. The van der Waals surface area contributed by atoms with Crippen molar-refractivity contribution in [3.63, 3.8) is 0 Å². The fourth-order valence-electron chi connectivity index (χ4n) is 2.51. The Bertz CT molecular complexity index is 890. The zero-order chi connectivity index (χ0) is 17.3. The average Bonchev–Trinajstić information content (AvgIpc) is 3.21. The molecule has 0 fully saturated rings. The first-order chi connectivity index (χ1) is 11.4. The van der Waals surface area contributed by atoms with Gasteiger partial charge in [0.2, 0.25) is 5.91 Å². The van der Waals surface area contributed by atoms with Crippen LogP contribution in [0, 0.1) is 0 Å². The molecule has 8 nitrogen and oxygen atoms in total. The summed E-state index contributed by atoms with van der Waals surface area (Å²) in [5.74, 6) is -0.801. The summed E-state index contributed by atoms with van der Waals surface area (Å²) < 4.78 is 29.4. The number of carbonyl (C=O) groups excluding carboxylic acids is 2. The van der Waals surface area contributed by atoms with E-state index in [1.807, 2.05) is 4.83 Å². The van der Waals surface area contributed by atoms with Crippen LogP contribution in [0.25, 0.3) is 0 Å². The van der Waals surface area contributed by atoms with E-state index in [4.69, 9.17) is 4.42 Å². The number of hydrogen-bond acceptors (Lipinski definition) is 5. The summed E-state index contributed by atoms with van der Waals surface area (Å²) in [5.41, 5.74) is 3.56. The molecule has 3 rings (SSSR count). The van der Waals surface area contributed by atoms with E-state index in [0.717, 1.165) is 5.56 Å². The molecule has 2 heterocycles. The summed E-state index contributed by atoms with van der Waals surface area (Å²) in [6.07, 6.45) is 1.89. The molecule has 0 unspecified atom stereocenters. The number of rotatable bonds is 4. The van der Waals surface area contributed by atoms with Gasteiger partial charge in [-0.05, 0) is 42.3 Å². The molecule has 2 amide bonds. The van der Waals surface area contributed by atoms with Crippen molar-refractivity contribution in [3.8, 4) is 0 Å². The van der Waals surface area contributed by atoms with Gasteiger partial charge in [0.1, 0.15) is 0 Å². The number of benzene rings is 1. The van der Waals surface area contributed by atoms with E-state index >= 15 is 0 Å². The summed E-state index contributed by atoms with van der Waals surface area (Å²) in [4.78, 5) is 26.9. The zero-order valence-electron chi connectivity index (χ0n) is 12.8. The molecule has 0 atom stereocenters. The number of carbonyl (C=O) groups is 2. The molecule has 0 spiro atoms. The maximum Gasteiger partial charge on any atom is 0.301 e. The lowest BCUT2D eigenvalue weighted by molar-refractivity contribution is -0.116. The SMILES string of the molecule is CC(=O)N1CCc2cc(S(=O)(=O)NNC(=O)c3ccco3)ccc21. The van der Waals surface area contributed by atoms with Crippen molar-refractivity contribution >= 4 is 27.5 Å². The van der Waals surface area contributed by atoms with Crippen molar-refractivity contribution in [1.82, 2.24) is 10.3 Å². The van der Waals surface area contributed by atoms with Crippen LogP contribution in [0.5, 0.6) is 0 Å². The van der Waals surface area contributed by atoms with Gasteiger partial charge in [-0.1, -0.05) is 0 Å². The predicted molar refractivity (Wildman–Crippen MR) is 84.7 cm³/mol. The van der Waals surface area contributed by atoms with E-state index in [1.165, 1.54) is 37.5 Å². The highest BCUT2D eigenvalue weighted by atomic mass is 32.2. The number of fused-ring (bicyclic) bond motifs is 1. The highest BCUT2D eigenvalue weighted by Gasteiger charge is 2.25. The summed E-state index contributed by atoms with van der Waals surface area (Å²) in [7, 11) is -3.93. The molecule has 1 aliphatic rings. The van der Waals surface area contributed by atoms with Crippen LogP contribution in [0.3, 0.4) is 0 Å². The Morgan fingerprint density at radius 1 is 1.25 bits per heavy atom. The Morgan fingerprint density at radius 2 is 2.04 bits per heavy atom. The molecular weight excluding hydrogens is 334 g/mol. The van der Waals surface area contributed by atoms with Crippen molar-refractivity contribution in [2.24, 2.45) is 0 Å². The van der Waals surface area contributed by atoms with E-state index in [9.17, 15) is 18.0 Å². The van der Waals surface area contributed by atoms with Gasteiger partial charge in [0, 0.05) is 19.2 Å². The average molecular weight is 349 g/mol. The molecule has 2 N–H and O–H groups in total. The van der Waals surface area contributed by atoms with Crippen LogP contribution in [0.2, 0.25) is 0 Å². The minimum absolute atomic E-state index is 0.00592. The smallest absolute Gasteiger partial charge is 0.301 e. The lowest BCUT2D eigenvalue weighted by Crippen LogP contribution is -2.41. The van der Waals surface area contributed by atoms with Gasteiger partial charge in [0.15, 0.2) is 5.76 Å². The highest BCUT2D eigenvalue weighted by molar-refractivity contribution is 7.89. The maximum absolute atomic E-state index is 12.3. The largest absolute Gasteiger partial charge is 0.459 e. The van der Waals surface area contributed by atoms with E-state index in [2.05, 4.69) is 5.43 Å². The first kappa shape index (κ1) is 16.2. The van der Waals surface area contributed by atoms with Gasteiger partial charge in [-0.2, -0.15) is 0 Å². The number of hydrogen-bond donors (Lipinski definition) is 2. The summed E-state index contributed by atoms with van der Waals surface area (Å²) in [5, 5.41) is 0. The molecule has 24 heavy (non-hydrogen) atoms. The number of nitrogens with one attached hydrogen (secondary N) is 2. The molecule has 0 saturated carbocycles. The third-order valence-corrected chi connectivity index (χ3v) is 4.93. The number of furan rings is 1. The van der Waals surface area contributed by atoms with Crippen molar-refractivity contribution in [2.45, 2.75) is 18.2 Å². The highest BCUT2D eigenvalue weighted by Crippen LogP contribution is 2.30. The van der Waals surface area contributed by atoms with Gasteiger partial charge in [-0.3, -0.25) is 15.0 Å². The van der Waals surface area contributed by atoms with Crippen LogP contribution < -0.4 is 15.2 Å². The molecular formula is C15H15N3O5S. The Morgan fingerprint density at radius 3 is 2.71 bits per heavy atom. The molecule has 0 aliphatic carbocycles. The van der Waals surface area contributed by atoms with Crippen molar-refractivity contribution in [1.29, 1.82) is 0 Å². The second kappa shape index (κ2) is 6.10. The van der Waals surface area contributed by atoms with Crippen molar-refractivity contribution in [3.05, 3.63) is 47.9 Å². The molecule has 9 heteroatoms. The van der Waals surface area contributed by atoms with Crippen molar-refractivity contribution < 1.29 is 22.4 Å². The lowest BCUT2D eigenvalue weighted by atomic mass is 10.2.